The van der Waals surface area contributed by atoms with E-state index in [9.17, 15) is 8.42 Å². The van der Waals surface area contributed by atoms with Crippen LogP contribution in [-0.4, -0.2) is 41.4 Å². The molecule has 0 amide bonds. The van der Waals surface area contributed by atoms with Crippen molar-refractivity contribution in [1.29, 1.82) is 0 Å². The molecule has 0 heterocycles. The number of ether oxygens (including phenoxy) is 1. The van der Waals surface area contributed by atoms with Crippen molar-refractivity contribution in [2.24, 2.45) is 0 Å². The number of hydrogen-bond donors (Lipinski definition) is 1. The fourth-order valence-corrected chi connectivity index (χ4v) is 3.18. The Balaban J connectivity index is 2.67. The predicted octanol–water partition coefficient (Wildman–Crippen LogP) is 1.85. The Labute approximate surface area is 122 Å². The van der Waals surface area contributed by atoms with Gasteiger partial charge in [0.1, 0.15) is 5.75 Å². The molecule has 1 rings (SSSR count). The summed E-state index contributed by atoms with van der Waals surface area (Å²) in [5.41, 5.74) is 0.571. The average molecular weight is 300 g/mol. The van der Waals surface area contributed by atoms with Gasteiger partial charge in [-0.2, -0.15) is 0 Å². The molecule has 0 saturated heterocycles. The maximum Gasteiger partial charge on any atom is 0.235 e. The van der Waals surface area contributed by atoms with Crippen molar-refractivity contribution < 1.29 is 13.2 Å². The van der Waals surface area contributed by atoms with E-state index in [2.05, 4.69) is 5.32 Å². The zero-order valence-corrected chi connectivity index (χ0v) is 13.2. The number of nitrogens with zero attached hydrogens (tertiary/aromatic N) is 1. The summed E-state index contributed by atoms with van der Waals surface area (Å²) in [5, 5.41) is 3.19. The van der Waals surface area contributed by atoms with E-state index in [-0.39, 0.29) is 5.75 Å². The van der Waals surface area contributed by atoms with Crippen molar-refractivity contribution in [3.63, 3.8) is 0 Å². The number of unbranched alkanes of at least 4 members (excludes halogenated alkanes) is 1. The van der Waals surface area contributed by atoms with Crippen LogP contribution in [0.15, 0.2) is 24.3 Å². The molecule has 0 radical (unpaired) electrons. The lowest BCUT2D eigenvalue weighted by atomic mass is 10.3. The highest BCUT2D eigenvalue weighted by molar-refractivity contribution is 7.92. The Morgan fingerprint density at radius 3 is 2.60 bits per heavy atom. The molecule has 0 atom stereocenters. The molecular weight excluding hydrogens is 276 g/mol. The summed E-state index contributed by atoms with van der Waals surface area (Å²) in [6.45, 7) is 3.80. The monoisotopic (exact) mass is 300 g/mol. The van der Waals surface area contributed by atoms with Gasteiger partial charge in [0.2, 0.25) is 10.0 Å². The fraction of sp³-hybridized carbons (Fsp3) is 0.571. The number of benzene rings is 1. The molecule has 0 aliphatic heterocycles. The molecule has 0 aliphatic carbocycles. The molecule has 5 nitrogen and oxygen atoms in total. The third-order valence-electron chi connectivity index (χ3n) is 3.10. The quantitative estimate of drug-likeness (QED) is 0.707. The molecule has 0 fully saturated rings. The third-order valence-corrected chi connectivity index (χ3v) is 4.93. The summed E-state index contributed by atoms with van der Waals surface area (Å²) in [4.78, 5) is 0. The van der Waals surface area contributed by atoms with E-state index in [0.717, 1.165) is 19.5 Å². The molecule has 0 aliphatic rings. The number of para-hydroxylation sites is 2. The first-order valence-electron chi connectivity index (χ1n) is 6.83. The smallest absolute Gasteiger partial charge is 0.235 e. The molecule has 114 valence electrons. The largest absolute Gasteiger partial charge is 0.495 e. The molecular formula is C14H24N2O3S. The number of anilines is 1. The van der Waals surface area contributed by atoms with Crippen LogP contribution in [-0.2, 0) is 10.0 Å². The maximum absolute atomic E-state index is 12.3. The Bertz CT molecular complexity index is 503. The van der Waals surface area contributed by atoms with E-state index in [4.69, 9.17) is 4.74 Å². The van der Waals surface area contributed by atoms with E-state index in [1.165, 1.54) is 11.4 Å². The summed E-state index contributed by atoms with van der Waals surface area (Å²) in [5.74, 6) is 0.707. The van der Waals surface area contributed by atoms with E-state index in [0.29, 0.717) is 17.9 Å². The minimum absolute atomic E-state index is 0.146. The molecule has 6 heteroatoms. The van der Waals surface area contributed by atoms with Crippen molar-refractivity contribution in [3.05, 3.63) is 24.3 Å². The lowest BCUT2D eigenvalue weighted by Crippen LogP contribution is -2.29. The van der Waals surface area contributed by atoms with Crippen molar-refractivity contribution in [3.8, 4) is 5.75 Å². The van der Waals surface area contributed by atoms with Crippen LogP contribution in [0.1, 0.15) is 19.8 Å². The molecule has 0 bridgehead atoms. The van der Waals surface area contributed by atoms with Crippen LogP contribution in [0.25, 0.3) is 0 Å². The second-order valence-corrected chi connectivity index (χ2v) is 6.64. The highest BCUT2D eigenvalue weighted by Crippen LogP contribution is 2.28. The van der Waals surface area contributed by atoms with Gasteiger partial charge in [-0.15, -0.1) is 0 Å². The summed E-state index contributed by atoms with van der Waals surface area (Å²) in [7, 11) is -0.203. The van der Waals surface area contributed by atoms with Gasteiger partial charge < -0.3 is 10.1 Å². The molecule has 0 spiro atoms. The summed E-state index contributed by atoms with van der Waals surface area (Å²) in [6, 6.07) is 7.12. The molecule has 0 aromatic heterocycles. The van der Waals surface area contributed by atoms with E-state index in [1.54, 1.807) is 25.2 Å². The van der Waals surface area contributed by atoms with Crippen molar-refractivity contribution in [2.75, 3.05) is 37.3 Å². The number of rotatable bonds is 9. The van der Waals surface area contributed by atoms with E-state index < -0.39 is 10.0 Å². The Morgan fingerprint density at radius 1 is 1.25 bits per heavy atom. The van der Waals surface area contributed by atoms with Gasteiger partial charge in [0.25, 0.3) is 0 Å². The molecule has 1 aromatic carbocycles. The van der Waals surface area contributed by atoms with Gasteiger partial charge in [0.15, 0.2) is 0 Å². The first-order valence-corrected chi connectivity index (χ1v) is 8.44. The zero-order valence-electron chi connectivity index (χ0n) is 12.4. The Hall–Kier alpha value is -1.27. The second-order valence-electron chi connectivity index (χ2n) is 4.52. The molecule has 0 unspecified atom stereocenters. The van der Waals surface area contributed by atoms with Crippen LogP contribution >= 0.6 is 0 Å². The predicted molar refractivity (Wildman–Crippen MR) is 83.0 cm³/mol. The SMILES string of the molecule is CCNCCCCS(=O)(=O)N(C)c1ccccc1OC. The van der Waals surface area contributed by atoms with Crippen LogP contribution in [0.2, 0.25) is 0 Å². The van der Waals surface area contributed by atoms with Crippen molar-refractivity contribution in [1.82, 2.24) is 5.32 Å². The normalized spacial score (nSPS) is 11.3. The topological polar surface area (TPSA) is 58.6 Å². The van der Waals surface area contributed by atoms with Crippen molar-refractivity contribution >= 4 is 15.7 Å². The number of nitrogens with one attached hydrogen (secondary N) is 1. The fourth-order valence-electron chi connectivity index (χ4n) is 1.89. The maximum atomic E-state index is 12.3. The lowest BCUT2D eigenvalue weighted by Gasteiger charge is -2.21. The van der Waals surface area contributed by atoms with Gasteiger partial charge in [-0.3, -0.25) is 4.31 Å². The van der Waals surface area contributed by atoms with Crippen LogP contribution in [0.5, 0.6) is 5.75 Å². The number of sulfonamides is 1. The minimum Gasteiger partial charge on any atom is -0.495 e. The van der Waals surface area contributed by atoms with Gasteiger partial charge in [-0.05, 0) is 38.1 Å². The van der Waals surface area contributed by atoms with Crippen LogP contribution in [0, 0.1) is 0 Å². The van der Waals surface area contributed by atoms with Gasteiger partial charge in [0, 0.05) is 7.05 Å². The first kappa shape index (κ1) is 16.8. The molecule has 1 aromatic rings. The van der Waals surface area contributed by atoms with Crippen LogP contribution in [0.4, 0.5) is 5.69 Å². The van der Waals surface area contributed by atoms with Gasteiger partial charge in [-0.1, -0.05) is 19.1 Å². The zero-order chi connectivity index (χ0) is 15.0. The summed E-state index contributed by atoms with van der Waals surface area (Å²) >= 11 is 0. The second kappa shape index (κ2) is 8.11. The van der Waals surface area contributed by atoms with E-state index >= 15 is 0 Å². The highest BCUT2D eigenvalue weighted by Gasteiger charge is 2.20. The van der Waals surface area contributed by atoms with Crippen LogP contribution in [0.3, 0.4) is 0 Å². The third kappa shape index (κ3) is 4.68. The first-order chi connectivity index (χ1) is 9.53. The number of hydrogen-bond acceptors (Lipinski definition) is 4. The van der Waals surface area contributed by atoms with Gasteiger partial charge in [0.05, 0.1) is 18.6 Å². The summed E-state index contributed by atoms with van der Waals surface area (Å²) in [6.07, 6.45) is 1.50. The van der Waals surface area contributed by atoms with Gasteiger partial charge >= 0.3 is 0 Å². The van der Waals surface area contributed by atoms with Gasteiger partial charge in [-0.25, -0.2) is 8.42 Å². The standard InChI is InChI=1S/C14H24N2O3S/c1-4-15-11-7-8-12-20(17,18)16(2)13-9-5-6-10-14(13)19-3/h5-6,9-10,15H,4,7-8,11-12H2,1-3H3. The average Bonchev–Trinajstić information content (AvgIpc) is 2.46. The lowest BCUT2D eigenvalue weighted by molar-refractivity contribution is 0.416. The number of methoxy groups -OCH3 is 1. The highest BCUT2D eigenvalue weighted by atomic mass is 32.2. The Morgan fingerprint density at radius 2 is 1.95 bits per heavy atom. The molecule has 0 saturated carbocycles. The minimum atomic E-state index is -3.31. The summed E-state index contributed by atoms with van der Waals surface area (Å²) < 4.78 is 31.1. The van der Waals surface area contributed by atoms with Crippen molar-refractivity contribution in [2.45, 2.75) is 19.8 Å². The van der Waals surface area contributed by atoms with E-state index in [1.807, 2.05) is 13.0 Å². The molecule has 1 N–H and O–H groups in total. The Kier molecular flexibility index (Phi) is 6.81. The van der Waals surface area contributed by atoms with Crippen LogP contribution < -0.4 is 14.4 Å². The molecule has 20 heavy (non-hydrogen) atoms.